The second kappa shape index (κ2) is 7.26. The fourth-order valence-corrected chi connectivity index (χ4v) is 2.65. The molecule has 1 atom stereocenters. The molecule has 1 unspecified atom stereocenters. The quantitative estimate of drug-likeness (QED) is 0.616. The summed E-state index contributed by atoms with van der Waals surface area (Å²) >= 11 is 0. The first-order valence-corrected chi connectivity index (χ1v) is 7.78. The lowest BCUT2D eigenvalue weighted by Crippen LogP contribution is -2.37. The van der Waals surface area contributed by atoms with E-state index in [4.69, 9.17) is 5.11 Å². The number of carbonyl (C=O) groups excluding carboxylic acids is 2. The van der Waals surface area contributed by atoms with E-state index in [0.29, 0.717) is 19.4 Å². The molecule has 2 N–H and O–H groups in total. The zero-order chi connectivity index (χ0) is 17.0. The number of aliphatic carboxylic acids is 1. The van der Waals surface area contributed by atoms with Gasteiger partial charge in [0.25, 0.3) is 0 Å². The van der Waals surface area contributed by atoms with Crippen LogP contribution in [0.3, 0.4) is 0 Å². The van der Waals surface area contributed by atoms with E-state index in [0.717, 1.165) is 16.8 Å². The molecule has 0 saturated carbocycles. The molecule has 1 aliphatic rings. The lowest BCUT2D eigenvalue weighted by Gasteiger charge is -2.18. The van der Waals surface area contributed by atoms with Crippen LogP contribution in [0.25, 0.3) is 0 Å². The summed E-state index contributed by atoms with van der Waals surface area (Å²) in [6.45, 7) is 4.80. The highest BCUT2D eigenvalue weighted by Gasteiger charge is 2.37. The molecule has 2 rings (SSSR count). The van der Waals surface area contributed by atoms with E-state index in [2.05, 4.69) is 5.32 Å². The van der Waals surface area contributed by atoms with Gasteiger partial charge in [0, 0.05) is 25.2 Å². The Kier molecular flexibility index (Phi) is 5.36. The average Bonchev–Trinajstić information content (AvgIpc) is 2.88. The van der Waals surface area contributed by atoms with Crippen LogP contribution in [0.5, 0.6) is 0 Å². The van der Waals surface area contributed by atoms with Gasteiger partial charge in [-0.3, -0.25) is 14.4 Å². The van der Waals surface area contributed by atoms with Crippen molar-refractivity contribution in [1.82, 2.24) is 5.32 Å². The largest absolute Gasteiger partial charge is 0.481 e. The molecule has 1 aromatic rings. The zero-order valence-corrected chi connectivity index (χ0v) is 13.5. The van der Waals surface area contributed by atoms with Gasteiger partial charge in [0.05, 0.1) is 0 Å². The summed E-state index contributed by atoms with van der Waals surface area (Å²) in [6.07, 6.45) is 0.854. The molecule has 1 aliphatic heterocycles. The molecule has 0 bridgehead atoms. The van der Waals surface area contributed by atoms with E-state index in [1.54, 1.807) is 4.90 Å². The normalized spacial score (nSPS) is 17.4. The van der Waals surface area contributed by atoms with Crippen molar-refractivity contribution in [3.05, 3.63) is 29.3 Å². The van der Waals surface area contributed by atoms with Crippen LogP contribution < -0.4 is 10.2 Å². The lowest BCUT2D eigenvalue weighted by molar-refractivity contribution is -0.137. The van der Waals surface area contributed by atoms with E-state index >= 15 is 0 Å². The van der Waals surface area contributed by atoms with Crippen molar-refractivity contribution in [2.24, 2.45) is 5.92 Å². The van der Waals surface area contributed by atoms with E-state index in [1.165, 1.54) is 0 Å². The van der Waals surface area contributed by atoms with Gasteiger partial charge in [-0.15, -0.1) is 0 Å². The third-order valence-electron chi connectivity index (χ3n) is 4.19. The topological polar surface area (TPSA) is 86.7 Å². The van der Waals surface area contributed by atoms with Gasteiger partial charge >= 0.3 is 5.97 Å². The molecule has 6 heteroatoms. The first-order chi connectivity index (χ1) is 10.9. The zero-order valence-electron chi connectivity index (χ0n) is 13.5. The molecule has 0 aromatic heterocycles. The molecule has 23 heavy (non-hydrogen) atoms. The maximum absolute atomic E-state index is 12.5. The summed E-state index contributed by atoms with van der Waals surface area (Å²) in [5.41, 5.74) is 3.09. The number of nitrogens with one attached hydrogen (secondary N) is 1. The Labute approximate surface area is 135 Å². The molecule has 0 radical (unpaired) electrons. The predicted octanol–water partition coefficient (Wildman–Crippen LogP) is 1.64. The molecule has 1 saturated heterocycles. The van der Waals surface area contributed by atoms with Crippen LogP contribution in [0.4, 0.5) is 5.69 Å². The van der Waals surface area contributed by atoms with Crippen LogP contribution >= 0.6 is 0 Å². The second-order valence-corrected chi connectivity index (χ2v) is 5.89. The predicted molar refractivity (Wildman–Crippen MR) is 86.3 cm³/mol. The summed E-state index contributed by atoms with van der Waals surface area (Å²) in [7, 11) is 0. The van der Waals surface area contributed by atoms with E-state index in [-0.39, 0.29) is 24.8 Å². The van der Waals surface area contributed by atoms with E-state index in [9.17, 15) is 14.4 Å². The minimum Gasteiger partial charge on any atom is -0.481 e. The maximum atomic E-state index is 12.5. The molecule has 1 heterocycles. The Morgan fingerprint density at radius 1 is 1.30 bits per heavy atom. The molecule has 124 valence electrons. The van der Waals surface area contributed by atoms with Crippen LogP contribution in [-0.4, -0.2) is 36.0 Å². The van der Waals surface area contributed by atoms with Gasteiger partial charge in [-0.25, -0.2) is 0 Å². The maximum Gasteiger partial charge on any atom is 0.303 e. The Hall–Kier alpha value is -2.37. The molecule has 1 fully saturated rings. The fourth-order valence-electron chi connectivity index (χ4n) is 2.65. The summed E-state index contributed by atoms with van der Waals surface area (Å²) in [4.78, 5) is 36.6. The number of amides is 2. The second-order valence-electron chi connectivity index (χ2n) is 5.89. The van der Waals surface area contributed by atoms with Crippen molar-refractivity contribution in [3.8, 4) is 0 Å². The van der Waals surface area contributed by atoms with Gasteiger partial charge < -0.3 is 15.3 Å². The standard InChI is InChI=1S/C17H22N2O4/c1-11-5-6-13(10-12(11)2)19-9-7-14(17(19)23)16(22)18-8-3-4-15(20)21/h5-6,10,14H,3-4,7-9H2,1-2H3,(H,18,22)(H,20,21). The van der Waals surface area contributed by atoms with Gasteiger partial charge in [-0.2, -0.15) is 0 Å². The SMILES string of the molecule is Cc1ccc(N2CCC(C(=O)NCCCC(=O)O)C2=O)cc1C. The molecule has 0 aliphatic carbocycles. The Balaban J connectivity index is 1.94. The molecule has 0 spiro atoms. The van der Waals surface area contributed by atoms with Crippen LogP contribution in [0.2, 0.25) is 0 Å². The van der Waals surface area contributed by atoms with Crippen LogP contribution in [0.15, 0.2) is 18.2 Å². The summed E-state index contributed by atoms with van der Waals surface area (Å²) in [5.74, 6) is -2.07. The van der Waals surface area contributed by atoms with Gasteiger partial charge in [-0.1, -0.05) is 6.07 Å². The third-order valence-corrected chi connectivity index (χ3v) is 4.19. The van der Waals surface area contributed by atoms with Crippen molar-refractivity contribution < 1.29 is 19.5 Å². The number of nitrogens with zero attached hydrogens (tertiary/aromatic N) is 1. The third kappa shape index (κ3) is 4.09. The summed E-state index contributed by atoms with van der Waals surface area (Å²) < 4.78 is 0. The Morgan fingerprint density at radius 3 is 2.70 bits per heavy atom. The van der Waals surface area contributed by atoms with Gasteiger partial charge in [0.1, 0.15) is 5.92 Å². The lowest BCUT2D eigenvalue weighted by atomic mass is 10.1. The number of carboxylic acid groups (broad SMARTS) is 1. The number of hydrogen-bond acceptors (Lipinski definition) is 3. The number of aryl methyl sites for hydroxylation is 2. The summed E-state index contributed by atoms with van der Waals surface area (Å²) in [6, 6.07) is 5.82. The van der Waals surface area contributed by atoms with Crippen molar-refractivity contribution >= 4 is 23.5 Å². The molecule has 1 aromatic carbocycles. The van der Waals surface area contributed by atoms with Crippen molar-refractivity contribution in [1.29, 1.82) is 0 Å². The molecular formula is C17H22N2O4. The Bertz CT molecular complexity index is 627. The van der Waals surface area contributed by atoms with Crippen LogP contribution in [0.1, 0.15) is 30.4 Å². The molecule has 2 amide bonds. The highest BCUT2D eigenvalue weighted by molar-refractivity contribution is 6.09. The van der Waals surface area contributed by atoms with E-state index in [1.807, 2.05) is 32.0 Å². The van der Waals surface area contributed by atoms with Crippen molar-refractivity contribution in [2.75, 3.05) is 18.0 Å². The highest BCUT2D eigenvalue weighted by atomic mass is 16.4. The fraction of sp³-hybridized carbons (Fsp3) is 0.471. The van der Waals surface area contributed by atoms with Crippen molar-refractivity contribution in [2.45, 2.75) is 33.1 Å². The summed E-state index contributed by atoms with van der Waals surface area (Å²) in [5, 5.41) is 11.2. The Morgan fingerprint density at radius 2 is 2.04 bits per heavy atom. The van der Waals surface area contributed by atoms with Crippen molar-refractivity contribution in [3.63, 3.8) is 0 Å². The number of hydrogen-bond donors (Lipinski definition) is 2. The number of carboxylic acids is 1. The number of rotatable bonds is 6. The van der Waals surface area contributed by atoms with Crippen LogP contribution in [0, 0.1) is 19.8 Å². The first kappa shape index (κ1) is 17.0. The average molecular weight is 318 g/mol. The number of anilines is 1. The van der Waals surface area contributed by atoms with Gasteiger partial charge in [0.2, 0.25) is 11.8 Å². The highest BCUT2D eigenvalue weighted by Crippen LogP contribution is 2.27. The first-order valence-electron chi connectivity index (χ1n) is 7.78. The van der Waals surface area contributed by atoms with Gasteiger partial charge in [-0.05, 0) is 49.9 Å². The smallest absolute Gasteiger partial charge is 0.303 e. The number of carbonyl (C=O) groups is 3. The van der Waals surface area contributed by atoms with Gasteiger partial charge in [0.15, 0.2) is 0 Å². The molecular weight excluding hydrogens is 296 g/mol. The van der Waals surface area contributed by atoms with Crippen LogP contribution in [-0.2, 0) is 14.4 Å². The monoisotopic (exact) mass is 318 g/mol. The van der Waals surface area contributed by atoms with E-state index < -0.39 is 11.9 Å². The molecule has 6 nitrogen and oxygen atoms in total. The minimum atomic E-state index is -0.892. The minimum absolute atomic E-state index is 0.00760. The number of benzene rings is 1.